The maximum absolute atomic E-state index is 14.1. The molecular formula is C14H17ClFN3O2. The summed E-state index contributed by atoms with van der Waals surface area (Å²) in [6, 6.07) is 3.77. The molecule has 0 radical (unpaired) electrons. The van der Waals surface area contributed by atoms with Gasteiger partial charge in [-0.15, -0.1) is 0 Å². The number of nitrogens with zero attached hydrogens (tertiary/aromatic N) is 2. The molecule has 2 rings (SSSR count). The highest BCUT2D eigenvalue weighted by Crippen LogP contribution is 2.33. The van der Waals surface area contributed by atoms with Crippen LogP contribution in [0.3, 0.4) is 0 Å². The number of hydrogen-bond donors (Lipinski definition) is 1. The molecule has 7 heteroatoms. The standard InChI is InChI=1S/C14H17ClFN3O2/c1-20-7-6-19-14(9(15)8-18-19)13(17)12-10(16)4-3-5-11(12)21-2/h3-5,8,13H,6-7,17H2,1-2H3. The van der Waals surface area contributed by atoms with Crippen LogP contribution in [0.5, 0.6) is 5.75 Å². The van der Waals surface area contributed by atoms with Crippen LogP contribution in [0.15, 0.2) is 24.4 Å². The molecular weight excluding hydrogens is 297 g/mol. The zero-order chi connectivity index (χ0) is 15.4. The van der Waals surface area contributed by atoms with Gasteiger partial charge >= 0.3 is 0 Å². The van der Waals surface area contributed by atoms with Crippen molar-refractivity contribution in [3.63, 3.8) is 0 Å². The van der Waals surface area contributed by atoms with Crippen molar-refractivity contribution in [1.82, 2.24) is 9.78 Å². The van der Waals surface area contributed by atoms with Crippen molar-refractivity contribution in [3.8, 4) is 5.75 Å². The van der Waals surface area contributed by atoms with E-state index in [0.29, 0.717) is 29.6 Å². The fourth-order valence-electron chi connectivity index (χ4n) is 2.17. The smallest absolute Gasteiger partial charge is 0.132 e. The summed E-state index contributed by atoms with van der Waals surface area (Å²) in [5, 5.41) is 4.53. The molecule has 0 bridgehead atoms. The molecule has 2 aromatic rings. The van der Waals surface area contributed by atoms with E-state index in [9.17, 15) is 4.39 Å². The lowest BCUT2D eigenvalue weighted by Crippen LogP contribution is -2.21. The van der Waals surface area contributed by atoms with Gasteiger partial charge in [0.05, 0.1) is 48.8 Å². The van der Waals surface area contributed by atoms with Gasteiger partial charge in [0.25, 0.3) is 0 Å². The largest absolute Gasteiger partial charge is 0.496 e. The summed E-state index contributed by atoms with van der Waals surface area (Å²) in [4.78, 5) is 0. The number of rotatable bonds is 6. The monoisotopic (exact) mass is 313 g/mol. The Labute approximate surface area is 127 Å². The lowest BCUT2D eigenvalue weighted by Gasteiger charge is -2.18. The van der Waals surface area contributed by atoms with Crippen LogP contribution in [0.1, 0.15) is 17.3 Å². The van der Waals surface area contributed by atoms with E-state index >= 15 is 0 Å². The van der Waals surface area contributed by atoms with Gasteiger partial charge in [0.15, 0.2) is 0 Å². The van der Waals surface area contributed by atoms with Crippen molar-refractivity contribution in [3.05, 3.63) is 46.5 Å². The van der Waals surface area contributed by atoms with E-state index in [1.165, 1.54) is 19.4 Å². The SMILES string of the molecule is COCCn1ncc(Cl)c1C(N)c1c(F)cccc1OC. The van der Waals surface area contributed by atoms with Crippen LogP contribution in [-0.2, 0) is 11.3 Å². The van der Waals surface area contributed by atoms with Crippen LogP contribution >= 0.6 is 11.6 Å². The number of halogens is 2. The van der Waals surface area contributed by atoms with E-state index in [-0.39, 0.29) is 5.56 Å². The molecule has 0 aliphatic heterocycles. The lowest BCUT2D eigenvalue weighted by atomic mass is 10.0. The van der Waals surface area contributed by atoms with Crippen LogP contribution in [0, 0.1) is 5.82 Å². The molecule has 5 nitrogen and oxygen atoms in total. The molecule has 0 fully saturated rings. The highest BCUT2D eigenvalue weighted by Gasteiger charge is 2.24. The van der Waals surface area contributed by atoms with E-state index in [1.54, 1.807) is 23.9 Å². The lowest BCUT2D eigenvalue weighted by molar-refractivity contribution is 0.182. The summed E-state index contributed by atoms with van der Waals surface area (Å²) in [6.07, 6.45) is 1.49. The zero-order valence-corrected chi connectivity index (χ0v) is 12.6. The Morgan fingerprint density at radius 3 is 2.86 bits per heavy atom. The Balaban J connectivity index is 2.45. The molecule has 2 N–H and O–H groups in total. The number of nitrogens with two attached hydrogens (primary N) is 1. The topological polar surface area (TPSA) is 62.3 Å². The van der Waals surface area contributed by atoms with Gasteiger partial charge in [-0.25, -0.2) is 4.39 Å². The first-order valence-electron chi connectivity index (χ1n) is 6.38. The van der Waals surface area contributed by atoms with Gasteiger partial charge in [0, 0.05) is 7.11 Å². The zero-order valence-electron chi connectivity index (χ0n) is 11.8. The van der Waals surface area contributed by atoms with Crippen molar-refractivity contribution >= 4 is 11.6 Å². The Morgan fingerprint density at radius 1 is 1.43 bits per heavy atom. The molecule has 0 amide bonds. The predicted octanol–water partition coefficient (Wildman–Crippen LogP) is 2.38. The van der Waals surface area contributed by atoms with E-state index < -0.39 is 11.9 Å². The minimum absolute atomic E-state index is 0.251. The normalized spacial score (nSPS) is 12.4. The van der Waals surface area contributed by atoms with Crippen LogP contribution in [0.25, 0.3) is 0 Å². The first kappa shape index (κ1) is 15.8. The summed E-state index contributed by atoms with van der Waals surface area (Å²) in [6.45, 7) is 0.926. The van der Waals surface area contributed by atoms with Gasteiger partial charge in [-0.05, 0) is 12.1 Å². The Bertz CT molecular complexity index is 618. The third kappa shape index (κ3) is 3.18. The first-order chi connectivity index (χ1) is 10.1. The molecule has 114 valence electrons. The van der Waals surface area contributed by atoms with E-state index in [1.807, 2.05) is 0 Å². The summed E-state index contributed by atoms with van der Waals surface area (Å²) in [7, 11) is 3.05. The average Bonchev–Trinajstić information content (AvgIpc) is 2.85. The van der Waals surface area contributed by atoms with Crippen molar-refractivity contribution < 1.29 is 13.9 Å². The molecule has 0 aliphatic rings. The summed E-state index contributed by atoms with van der Waals surface area (Å²) in [5.74, 6) is -0.0736. The Morgan fingerprint density at radius 2 is 2.19 bits per heavy atom. The van der Waals surface area contributed by atoms with E-state index in [0.717, 1.165) is 0 Å². The molecule has 0 saturated heterocycles. The van der Waals surface area contributed by atoms with Crippen molar-refractivity contribution in [2.45, 2.75) is 12.6 Å². The highest BCUT2D eigenvalue weighted by atomic mass is 35.5. The average molecular weight is 314 g/mol. The van der Waals surface area contributed by atoms with Crippen LogP contribution in [-0.4, -0.2) is 30.6 Å². The molecule has 1 atom stereocenters. The Kier molecular flexibility index (Phi) is 5.17. The number of benzene rings is 1. The van der Waals surface area contributed by atoms with E-state index in [4.69, 9.17) is 26.8 Å². The van der Waals surface area contributed by atoms with Crippen molar-refractivity contribution in [2.24, 2.45) is 5.73 Å². The minimum atomic E-state index is -0.784. The number of ether oxygens (including phenoxy) is 2. The second-order valence-corrected chi connectivity index (χ2v) is 4.83. The van der Waals surface area contributed by atoms with Crippen LogP contribution < -0.4 is 10.5 Å². The fourth-order valence-corrected chi connectivity index (χ4v) is 2.43. The molecule has 1 aromatic carbocycles. The van der Waals surface area contributed by atoms with E-state index in [2.05, 4.69) is 5.10 Å². The van der Waals surface area contributed by atoms with Gasteiger partial charge < -0.3 is 15.2 Å². The maximum atomic E-state index is 14.1. The Hall–Kier alpha value is -1.63. The first-order valence-corrected chi connectivity index (χ1v) is 6.76. The third-order valence-corrected chi connectivity index (χ3v) is 3.47. The molecule has 0 spiro atoms. The molecule has 0 saturated carbocycles. The van der Waals surface area contributed by atoms with Gasteiger partial charge in [-0.2, -0.15) is 5.10 Å². The van der Waals surface area contributed by atoms with Gasteiger partial charge in [-0.1, -0.05) is 17.7 Å². The summed E-state index contributed by atoms with van der Waals surface area (Å²) >= 11 is 6.15. The van der Waals surface area contributed by atoms with Crippen molar-refractivity contribution in [2.75, 3.05) is 20.8 Å². The molecule has 0 aliphatic carbocycles. The summed E-state index contributed by atoms with van der Waals surface area (Å²) in [5.41, 5.74) is 6.98. The number of hydrogen-bond acceptors (Lipinski definition) is 4. The van der Waals surface area contributed by atoms with Gasteiger partial charge in [0.1, 0.15) is 11.6 Å². The van der Waals surface area contributed by atoms with Gasteiger partial charge in [-0.3, -0.25) is 4.68 Å². The minimum Gasteiger partial charge on any atom is -0.496 e. The fraction of sp³-hybridized carbons (Fsp3) is 0.357. The second kappa shape index (κ2) is 6.89. The van der Waals surface area contributed by atoms with Gasteiger partial charge in [0.2, 0.25) is 0 Å². The quantitative estimate of drug-likeness (QED) is 0.889. The molecule has 1 heterocycles. The summed E-state index contributed by atoms with van der Waals surface area (Å²) < 4.78 is 26.0. The number of aromatic nitrogens is 2. The van der Waals surface area contributed by atoms with Crippen LogP contribution in [0.2, 0.25) is 5.02 Å². The van der Waals surface area contributed by atoms with Crippen molar-refractivity contribution in [1.29, 1.82) is 0 Å². The third-order valence-electron chi connectivity index (χ3n) is 3.18. The van der Waals surface area contributed by atoms with Crippen LogP contribution in [0.4, 0.5) is 4.39 Å². The molecule has 1 unspecified atom stereocenters. The molecule has 21 heavy (non-hydrogen) atoms. The highest BCUT2D eigenvalue weighted by molar-refractivity contribution is 6.31. The second-order valence-electron chi connectivity index (χ2n) is 4.43. The number of methoxy groups -OCH3 is 2. The maximum Gasteiger partial charge on any atom is 0.132 e. The predicted molar refractivity (Wildman–Crippen MR) is 78.1 cm³/mol. The molecule has 1 aromatic heterocycles.